The van der Waals surface area contributed by atoms with Gasteiger partial charge in [0.1, 0.15) is 5.70 Å². The third kappa shape index (κ3) is 4.55. The van der Waals surface area contributed by atoms with Crippen LogP contribution in [0.5, 0.6) is 11.5 Å². The number of carbonyl (C=O) groups excluding carboxylic acids is 2. The Morgan fingerprint density at radius 1 is 0.758 bits per heavy atom. The van der Waals surface area contributed by atoms with Crippen molar-refractivity contribution >= 4 is 34.4 Å². The van der Waals surface area contributed by atoms with Gasteiger partial charge in [-0.1, -0.05) is 54.6 Å². The molecule has 2 N–H and O–H groups in total. The molecule has 4 aromatic carbocycles. The van der Waals surface area contributed by atoms with E-state index in [-0.39, 0.29) is 18.4 Å². The van der Waals surface area contributed by atoms with Crippen molar-refractivity contribution in [3.63, 3.8) is 0 Å². The summed E-state index contributed by atoms with van der Waals surface area (Å²) in [5.74, 6) is 0.415. The molecule has 0 bridgehead atoms. The fourth-order valence-corrected chi connectivity index (χ4v) is 3.58. The first-order valence-corrected chi connectivity index (χ1v) is 10.4. The lowest BCUT2D eigenvalue weighted by Gasteiger charge is -2.12. The van der Waals surface area contributed by atoms with Gasteiger partial charge < -0.3 is 20.1 Å². The Hall–Kier alpha value is -4.58. The lowest BCUT2D eigenvalue weighted by atomic mass is 10.1. The summed E-state index contributed by atoms with van der Waals surface area (Å²) >= 11 is 0. The Bertz CT molecular complexity index is 1380. The minimum Gasteiger partial charge on any atom is -0.454 e. The summed E-state index contributed by atoms with van der Waals surface area (Å²) in [6.45, 7) is 0.155. The van der Waals surface area contributed by atoms with E-state index in [0.29, 0.717) is 28.3 Å². The van der Waals surface area contributed by atoms with E-state index in [1.807, 2.05) is 48.5 Å². The van der Waals surface area contributed by atoms with Gasteiger partial charge in [0.15, 0.2) is 11.5 Å². The van der Waals surface area contributed by atoms with Gasteiger partial charge in [0.05, 0.1) is 0 Å². The molecule has 0 unspecified atom stereocenters. The van der Waals surface area contributed by atoms with Crippen LogP contribution in [0.15, 0.2) is 96.7 Å². The molecule has 0 radical (unpaired) electrons. The van der Waals surface area contributed by atoms with Gasteiger partial charge in [-0.25, -0.2) is 0 Å². The third-order valence-electron chi connectivity index (χ3n) is 5.24. The molecule has 0 saturated carbocycles. The van der Waals surface area contributed by atoms with Gasteiger partial charge >= 0.3 is 0 Å². The van der Waals surface area contributed by atoms with Crippen molar-refractivity contribution in [2.45, 2.75) is 0 Å². The first kappa shape index (κ1) is 20.3. The summed E-state index contributed by atoms with van der Waals surface area (Å²) in [6, 6.07) is 27.6. The molecule has 0 fully saturated rings. The maximum Gasteiger partial charge on any atom is 0.272 e. The van der Waals surface area contributed by atoms with Crippen LogP contribution in [0.25, 0.3) is 16.8 Å². The van der Waals surface area contributed by atoms with Crippen LogP contribution in [0.2, 0.25) is 0 Å². The van der Waals surface area contributed by atoms with Crippen LogP contribution >= 0.6 is 0 Å². The van der Waals surface area contributed by atoms with E-state index >= 15 is 0 Å². The van der Waals surface area contributed by atoms with E-state index in [0.717, 1.165) is 10.8 Å². The second-order valence-corrected chi connectivity index (χ2v) is 7.51. The van der Waals surface area contributed by atoms with Crippen molar-refractivity contribution in [1.29, 1.82) is 0 Å². The third-order valence-corrected chi connectivity index (χ3v) is 5.24. The molecule has 1 heterocycles. The highest BCUT2D eigenvalue weighted by molar-refractivity contribution is 6.11. The maximum absolute atomic E-state index is 13.2. The van der Waals surface area contributed by atoms with Gasteiger partial charge in [0.25, 0.3) is 11.8 Å². The van der Waals surface area contributed by atoms with Crippen LogP contribution in [0.3, 0.4) is 0 Å². The van der Waals surface area contributed by atoms with Gasteiger partial charge in [-0.2, -0.15) is 0 Å². The molecule has 1 aliphatic rings. The molecule has 0 aromatic heterocycles. The Balaban J connectivity index is 1.45. The number of ether oxygens (including phenoxy) is 2. The Labute approximate surface area is 190 Å². The van der Waals surface area contributed by atoms with Crippen LogP contribution < -0.4 is 20.1 Å². The highest BCUT2D eigenvalue weighted by Gasteiger charge is 2.17. The molecule has 5 rings (SSSR count). The average molecular weight is 436 g/mol. The molecule has 0 spiro atoms. The molecule has 33 heavy (non-hydrogen) atoms. The smallest absolute Gasteiger partial charge is 0.272 e. The molecular formula is C27H20N2O4. The van der Waals surface area contributed by atoms with E-state index in [4.69, 9.17) is 9.47 Å². The first-order valence-electron chi connectivity index (χ1n) is 10.4. The highest BCUT2D eigenvalue weighted by Crippen LogP contribution is 2.33. The van der Waals surface area contributed by atoms with E-state index in [9.17, 15) is 9.59 Å². The van der Waals surface area contributed by atoms with Crippen molar-refractivity contribution in [2.24, 2.45) is 0 Å². The molecular weight excluding hydrogens is 416 g/mol. The summed E-state index contributed by atoms with van der Waals surface area (Å²) in [5.41, 5.74) is 1.88. The Morgan fingerprint density at radius 2 is 1.52 bits per heavy atom. The number of hydrogen-bond donors (Lipinski definition) is 2. The van der Waals surface area contributed by atoms with Crippen LogP contribution in [0, 0.1) is 0 Å². The van der Waals surface area contributed by atoms with E-state index in [1.165, 1.54) is 0 Å². The van der Waals surface area contributed by atoms with Crippen LogP contribution in [0.1, 0.15) is 15.9 Å². The maximum atomic E-state index is 13.2. The monoisotopic (exact) mass is 436 g/mol. The zero-order chi connectivity index (χ0) is 22.6. The quantitative estimate of drug-likeness (QED) is 0.433. The molecule has 1 aliphatic heterocycles. The second-order valence-electron chi connectivity index (χ2n) is 7.51. The number of nitrogens with one attached hydrogen (secondary N) is 2. The summed E-state index contributed by atoms with van der Waals surface area (Å²) in [6.07, 6.45) is 1.61. The van der Waals surface area contributed by atoms with Crippen molar-refractivity contribution < 1.29 is 19.1 Å². The molecule has 162 valence electrons. The van der Waals surface area contributed by atoms with Gasteiger partial charge in [-0.05, 0) is 58.8 Å². The molecule has 6 nitrogen and oxygen atoms in total. The Morgan fingerprint density at radius 3 is 2.36 bits per heavy atom. The largest absolute Gasteiger partial charge is 0.454 e. The molecule has 6 heteroatoms. The molecule has 0 aliphatic carbocycles. The average Bonchev–Trinajstić information content (AvgIpc) is 3.32. The zero-order valence-electron chi connectivity index (χ0n) is 17.6. The second kappa shape index (κ2) is 8.88. The lowest BCUT2D eigenvalue weighted by Crippen LogP contribution is -2.30. The predicted octanol–water partition coefficient (Wildman–Crippen LogP) is 4.98. The normalized spacial score (nSPS) is 12.4. The van der Waals surface area contributed by atoms with Gasteiger partial charge in [-0.15, -0.1) is 0 Å². The van der Waals surface area contributed by atoms with E-state index in [2.05, 4.69) is 10.6 Å². The molecule has 2 amide bonds. The summed E-state index contributed by atoms with van der Waals surface area (Å²) in [5, 5.41) is 7.71. The zero-order valence-corrected chi connectivity index (χ0v) is 17.6. The number of rotatable bonds is 5. The minimum absolute atomic E-state index is 0.107. The van der Waals surface area contributed by atoms with Gasteiger partial charge in [-0.3, -0.25) is 9.59 Å². The predicted molar refractivity (Wildman–Crippen MR) is 127 cm³/mol. The number of fused-ring (bicyclic) bond motifs is 2. The van der Waals surface area contributed by atoms with Crippen molar-refractivity contribution in [3.8, 4) is 11.5 Å². The van der Waals surface area contributed by atoms with Crippen LogP contribution in [0.4, 0.5) is 5.69 Å². The summed E-state index contributed by atoms with van der Waals surface area (Å²) in [7, 11) is 0. The number of anilines is 1. The number of carbonyl (C=O) groups is 2. The SMILES string of the molecule is O=C(Nc1ccc2ccccc2c1)C(=Cc1ccc2c(c1)OCO2)NC(=O)c1ccccc1. The number of benzene rings is 4. The van der Waals surface area contributed by atoms with Crippen LogP contribution in [-0.4, -0.2) is 18.6 Å². The van der Waals surface area contributed by atoms with Crippen molar-refractivity contribution in [2.75, 3.05) is 12.1 Å². The molecule has 0 atom stereocenters. The molecule has 0 saturated heterocycles. The first-order chi connectivity index (χ1) is 16.2. The number of hydrogen-bond acceptors (Lipinski definition) is 4. The minimum atomic E-state index is -0.438. The van der Waals surface area contributed by atoms with Gasteiger partial charge in [0, 0.05) is 11.3 Å². The Kier molecular flexibility index (Phi) is 5.47. The molecule has 4 aromatic rings. The summed E-state index contributed by atoms with van der Waals surface area (Å²) < 4.78 is 10.8. The lowest BCUT2D eigenvalue weighted by molar-refractivity contribution is -0.113. The fourth-order valence-electron chi connectivity index (χ4n) is 3.58. The van der Waals surface area contributed by atoms with Crippen LogP contribution in [-0.2, 0) is 4.79 Å². The topological polar surface area (TPSA) is 76.7 Å². The van der Waals surface area contributed by atoms with Crippen molar-refractivity contribution in [1.82, 2.24) is 5.32 Å². The highest BCUT2D eigenvalue weighted by atomic mass is 16.7. The standard InChI is InChI=1S/C27H20N2O4/c30-26(20-7-2-1-3-8-20)29-23(14-18-10-13-24-25(15-18)33-17-32-24)27(31)28-22-12-11-19-6-4-5-9-21(19)16-22/h1-16H,17H2,(H,28,31)(H,29,30). The van der Waals surface area contributed by atoms with E-state index < -0.39 is 5.91 Å². The van der Waals surface area contributed by atoms with E-state index in [1.54, 1.807) is 48.5 Å². The fraction of sp³-hybridized carbons (Fsp3) is 0.0370. The summed E-state index contributed by atoms with van der Waals surface area (Å²) in [4.78, 5) is 26.0. The van der Waals surface area contributed by atoms with Crippen molar-refractivity contribution in [3.05, 3.63) is 108 Å². The van der Waals surface area contributed by atoms with Gasteiger partial charge in [0.2, 0.25) is 6.79 Å². The number of amides is 2.